The Labute approximate surface area is 128 Å². The first-order chi connectivity index (χ1) is 10.1. The molecule has 0 aliphatic carbocycles. The number of hydrogen-bond donors (Lipinski definition) is 0. The molecule has 0 N–H and O–H groups in total. The number of rotatable bonds is 8. The van der Waals surface area contributed by atoms with E-state index in [2.05, 4.69) is 6.58 Å². The SMILES string of the molecule is C=CC=CC=CC=CCC(CC)S(=O)(=O)c1ccccc1. The van der Waals surface area contributed by atoms with Crippen LogP contribution >= 0.6 is 0 Å². The van der Waals surface area contributed by atoms with Crippen molar-refractivity contribution >= 4 is 9.84 Å². The van der Waals surface area contributed by atoms with Crippen molar-refractivity contribution in [3.63, 3.8) is 0 Å². The minimum Gasteiger partial charge on any atom is -0.223 e. The lowest BCUT2D eigenvalue weighted by Gasteiger charge is -2.13. The maximum Gasteiger partial charge on any atom is 0.181 e. The van der Waals surface area contributed by atoms with Gasteiger partial charge in [-0.05, 0) is 25.0 Å². The average Bonchev–Trinajstić information content (AvgIpc) is 2.50. The Hall–Kier alpha value is -1.87. The van der Waals surface area contributed by atoms with E-state index in [0.717, 1.165) is 0 Å². The Morgan fingerprint density at radius 2 is 1.67 bits per heavy atom. The molecule has 0 aromatic heterocycles. The van der Waals surface area contributed by atoms with Crippen molar-refractivity contribution < 1.29 is 8.42 Å². The van der Waals surface area contributed by atoms with Crippen LogP contribution in [0.1, 0.15) is 19.8 Å². The molecule has 0 amide bonds. The highest BCUT2D eigenvalue weighted by atomic mass is 32.2. The molecule has 2 nitrogen and oxygen atoms in total. The van der Waals surface area contributed by atoms with Gasteiger partial charge < -0.3 is 0 Å². The molecule has 0 bridgehead atoms. The maximum absolute atomic E-state index is 12.5. The molecule has 0 spiro atoms. The van der Waals surface area contributed by atoms with Crippen molar-refractivity contribution in [1.29, 1.82) is 0 Å². The van der Waals surface area contributed by atoms with Crippen molar-refractivity contribution in [2.45, 2.75) is 29.9 Å². The Balaban J connectivity index is 2.71. The van der Waals surface area contributed by atoms with Gasteiger partial charge in [-0.15, -0.1) is 0 Å². The van der Waals surface area contributed by atoms with Gasteiger partial charge >= 0.3 is 0 Å². The first kappa shape index (κ1) is 17.2. The third-order valence-corrected chi connectivity index (χ3v) is 5.41. The minimum absolute atomic E-state index is 0.381. The van der Waals surface area contributed by atoms with Gasteiger partial charge in [-0.1, -0.05) is 74.2 Å². The number of benzene rings is 1. The summed E-state index contributed by atoms with van der Waals surface area (Å²) in [4.78, 5) is 0.398. The summed E-state index contributed by atoms with van der Waals surface area (Å²) < 4.78 is 25.0. The lowest BCUT2D eigenvalue weighted by molar-refractivity contribution is 0.575. The van der Waals surface area contributed by atoms with Crippen molar-refractivity contribution in [1.82, 2.24) is 0 Å². The van der Waals surface area contributed by atoms with Crippen LogP contribution in [0.4, 0.5) is 0 Å². The highest BCUT2D eigenvalue weighted by Crippen LogP contribution is 2.20. The molecule has 0 radical (unpaired) electrons. The highest BCUT2D eigenvalue weighted by molar-refractivity contribution is 7.92. The topological polar surface area (TPSA) is 34.1 Å². The molecule has 0 heterocycles. The van der Waals surface area contributed by atoms with E-state index >= 15 is 0 Å². The van der Waals surface area contributed by atoms with Gasteiger partial charge in [0.25, 0.3) is 0 Å². The summed E-state index contributed by atoms with van der Waals surface area (Å²) in [6.07, 6.45) is 14.0. The normalized spacial score (nSPS) is 14.1. The second kappa shape index (κ2) is 9.14. The van der Waals surface area contributed by atoms with E-state index in [1.165, 1.54) is 0 Å². The third-order valence-electron chi connectivity index (χ3n) is 3.08. The molecule has 3 heteroatoms. The smallest absolute Gasteiger partial charge is 0.181 e. The molecule has 0 aliphatic heterocycles. The first-order valence-electron chi connectivity index (χ1n) is 7.02. The van der Waals surface area contributed by atoms with Crippen LogP contribution in [0.2, 0.25) is 0 Å². The Morgan fingerprint density at radius 1 is 1.05 bits per heavy atom. The zero-order valence-electron chi connectivity index (χ0n) is 12.4. The van der Waals surface area contributed by atoms with E-state index in [1.54, 1.807) is 30.3 Å². The van der Waals surface area contributed by atoms with Crippen LogP contribution in [-0.4, -0.2) is 13.7 Å². The van der Waals surface area contributed by atoms with Gasteiger partial charge in [-0.2, -0.15) is 0 Å². The van der Waals surface area contributed by atoms with Gasteiger partial charge in [0, 0.05) is 0 Å². The zero-order valence-corrected chi connectivity index (χ0v) is 13.2. The Kier molecular flexibility index (Phi) is 7.48. The van der Waals surface area contributed by atoms with Crippen LogP contribution in [0.5, 0.6) is 0 Å². The molecule has 0 saturated carbocycles. The van der Waals surface area contributed by atoms with Crippen LogP contribution in [0, 0.1) is 0 Å². The van der Waals surface area contributed by atoms with E-state index < -0.39 is 9.84 Å². The van der Waals surface area contributed by atoms with E-state index in [0.29, 0.717) is 17.7 Å². The van der Waals surface area contributed by atoms with Gasteiger partial charge in [0.2, 0.25) is 0 Å². The monoisotopic (exact) mass is 302 g/mol. The summed E-state index contributed by atoms with van der Waals surface area (Å²) in [5, 5.41) is -0.381. The predicted molar refractivity (Wildman–Crippen MR) is 89.9 cm³/mol. The second-order valence-electron chi connectivity index (χ2n) is 4.56. The van der Waals surface area contributed by atoms with Crippen LogP contribution in [0.3, 0.4) is 0 Å². The number of hydrogen-bond acceptors (Lipinski definition) is 2. The summed E-state index contributed by atoms with van der Waals surface area (Å²) in [6.45, 7) is 5.48. The Morgan fingerprint density at radius 3 is 2.29 bits per heavy atom. The van der Waals surface area contributed by atoms with Crippen LogP contribution < -0.4 is 0 Å². The fourth-order valence-electron chi connectivity index (χ4n) is 1.90. The molecule has 21 heavy (non-hydrogen) atoms. The average molecular weight is 302 g/mol. The van der Waals surface area contributed by atoms with Gasteiger partial charge in [0.1, 0.15) is 0 Å². The van der Waals surface area contributed by atoms with E-state index in [4.69, 9.17) is 0 Å². The molecule has 0 saturated heterocycles. The first-order valence-corrected chi connectivity index (χ1v) is 8.57. The fraction of sp³-hybridized carbons (Fsp3) is 0.222. The third kappa shape index (κ3) is 5.56. The minimum atomic E-state index is -3.26. The summed E-state index contributed by atoms with van der Waals surface area (Å²) in [5.41, 5.74) is 0. The Bertz CT molecular complexity index is 608. The molecule has 1 aromatic rings. The molecular formula is C18H22O2S. The fourth-order valence-corrected chi connectivity index (χ4v) is 3.62. The summed E-state index contributed by atoms with van der Waals surface area (Å²) in [5.74, 6) is 0. The molecule has 0 fully saturated rings. The van der Waals surface area contributed by atoms with Gasteiger partial charge in [-0.25, -0.2) is 8.42 Å². The quantitative estimate of drug-likeness (QED) is 0.663. The highest BCUT2D eigenvalue weighted by Gasteiger charge is 2.24. The van der Waals surface area contributed by atoms with Crippen molar-refractivity contribution in [3.05, 3.63) is 79.4 Å². The van der Waals surface area contributed by atoms with Crippen LogP contribution in [0.15, 0.2) is 84.3 Å². The predicted octanol–water partition coefficient (Wildman–Crippen LogP) is 4.48. The van der Waals surface area contributed by atoms with Gasteiger partial charge in [0.15, 0.2) is 9.84 Å². The summed E-state index contributed by atoms with van der Waals surface area (Å²) in [6, 6.07) is 8.64. The molecular weight excluding hydrogens is 280 g/mol. The van der Waals surface area contributed by atoms with E-state index in [1.807, 2.05) is 49.4 Å². The summed E-state index contributed by atoms with van der Waals surface area (Å²) >= 11 is 0. The largest absolute Gasteiger partial charge is 0.223 e. The van der Waals surface area contributed by atoms with Gasteiger partial charge in [-0.3, -0.25) is 0 Å². The molecule has 1 rings (SSSR count). The van der Waals surface area contributed by atoms with Crippen LogP contribution in [-0.2, 0) is 9.84 Å². The molecule has 0 aliphatic rings. The maximum atomic E-state index is 12.5. The van der Waals surface area contributed by atoms with Crippen LogP contribution in [0.25, 0.3) is 0 Å². The summed E-state index contributed by atoms with van der Waals surface area (Å²) in [7, 11) is -3.26. The van der Waals surface area contributed by atoms with Crippen molar-refractivity contribution in [2.75, 3.05) is 0 Å². The lowest BCUT2D eigenvalue weighted by Crippen LogP contribution is -2.20. The number of allylic oxidation sites excluding steroid dienone is 7. The molecule has 1 unspecified atom stereocenters. The second-order valence-corrected chi connectivity index (χ2v) is 6.79. The van der Waals surface area contributed by atoms with Crippen molar-refractivity contribution in [2.24, 2.45) is 0 Å². The standard InChI is InChI=1S/C18H22O2S/c1-3-5-6-7-8-9-11-14-17(4-2)21(19,20)18-15-12-10-13-16-18/h3,5-13,15-17H,1,4,14H2,2H3. The molecule has 1 atom stereocenters. The number of sulfone groups is 1. The van der Waals surface area contributed by atoms with E-state index in [9.17, 15) is 8.42 Å². The van der Waals surface area contributed by atoms with Crippen molar-refractivity contribution in [3.8, 4) is 0 Å². The van der Waals surface area contributed by atoms with E-state index in [-0.39, 0.29) is 5.25 Å². The molecule has 1 aromatic carbocycles. The van der Waals surface area contributed by atoms with Gasteiger partial charge in [0.05, 0.1) is 10.1 Å². The molecule has 112 valence electrons. The lowest BCUT2D eigenvalue weighted by atomic mass is 10.2. The zero-order chi connectivity index (χ0) is 15.6.